The van der Waals surface area contributed by atoms with Crippen molar-refractivity contribution in [1.82, 2.24) is 5.32 Å². The zero-order chi connectivity index (χ0) is 18.0. The Labute approximate surface area is 153 Å². The van der Waals surface area contributed by atoms with Crippen LogP contribution in [0.25, 0.3) is 0 Å². The third-order valence-corrected chi connectivity index (χ3v) is 3.81. The first-order chi connectivity index (χ1) is 12.8. The standard InChI is InChI=1S/C21H22N2O3/c24-21(16-22-15-20-7-4-13-25-20)23-18-8-10-19(11-9-18)26-14-12-17-5-2-1-3-6-17/h1-11,13,22H,12,14-16H2,(H,23,24). The lowest BCUT2D eigenvalue weighted by Crippen LogP contribution is -2.27. The van der Waals surface area contributed by atoms with E-state index < -0.39 is 0 Å². The Morgan fingerprint density at radius 2 is 1.77 bits per heavy atom. The number of carbonyl (C=O) groups is 1. The van der Waals surface area contributed by atoms with Gasteiger partial charge in [-0.2, -0.15) is 0 Å². The van der Waals surface area contributed by atoms with Crippen molar-refractivity contribution >= 4 is 11.6 Å². The van der Waals surface area contributed by atoms with Crippen molar-refractivity contribution in [3.63, 3.8) is 0 Å². The molecule has 0 fully saturated rings. The molecule has 0 spiro atoms. The maximum Gasteiger partial charge on any atom is 0.238 e. The average Bonchev–Trinajstić information content (AvgIpc) is 3.18. The van der Waals surface area contributed by atoms with Gasteiger partial charge in [-0.3, -0.25) is 4.79 Å². The van der Waals surface area contributed by atoms with Gasteiger partial charge >= 0.3 is 0 Å². The van der Waals surface area contributed by atoms with Crippen LogP contribution in [0, 0.1) is 0 Å². The van der Waals surface area contributed by atoms with Crippen LogP contribution in [0.1, 0.15) is 11.3 Å². The molecule has 0 bridgehead atoms. The topological polar surface area (TPSA) is 63.5 Å². The van der Waals surface area contributed by atoms with Crippen molar-refractivity contribution in [2.45, 2.75) is 13.0 Å². The largest absolute Gasteiger partial charge is 0.493 e. The first-order valence-electron chi connectivity index (χ1n) is 8.59. The molecule has 3 rings (SSSR count). The molecule has 2 aromatic carbocycles. The van der Waals surface area contributed by atoms with Gasteiger partial charge < -0.3 is 19.8 Å². The van der Waals surface area contributed by atoms with Crippen molar-refractivity contribution in [3.8, 4) is 5.75 Å². The summed E-state index contributed by atoms with van der Waals surface area (Å²) in [6.07, 6.45) is 2.47. The normalized spacial score (nSPS) is 10.5. The van der Waals surface area contributed by atoms with Crippen LogP contribution in [0.2, 0.25) is 0 Å². The summed E-state index contributed by atoms with van der Waals surface area (Å²) < 4.78 is 10.9. The van der Waals surface area contributed by atoms with Crippen molar-refractivity contribution in [3.05, 3.63) is 84.3 Å². The zero-order valence-electron chi connectivity index (χ0n) is 14.5. The second kappa shape index (κ2) is 9.44. The second-order valence-corrected chi connectivity index (χ2v) is 5.84. The quantitative estimate of drug-likeness (QED) is 0.619. The molecule has 2 N–H and O–H groups in total. The van der Waals surface area contributed by atoms with E-state index in [2.05, 4.69) is 22.8 Å². The molecule has 0 aliphatic carbocycles. The van der Waals surface area contributed by atoms with Gasteiger partial charge in [0.2, 0.25) is 5.91 Å². The molecule has 1 amide bonds. The number of nitrogens with one attached hydrogen (secondary N) is 2. The van der Waals surface area contributed by atoms with Crippen LogP contribution in [0.3, 0.4) is 0 Å². The minimum atomic E-state index is -0.102. The number of hydrogen-bond acceptors (Lipinski definition) is 4. The van der Waals surface area contributed by atoms with Gasteiger partial charge in [0.1, 0.15) is 11.5 Å². The van der Waals surface area contributed by atoms with E-state index in [1.54, 1.807) is 6.26 Å². The minimum Gasteiger partial charge on any atom is -0.493 e. The van der Waals surface area contributed by atoms with E-state index in [4.69, 9.17) is 9.15 Å². The fraction of sp³-hybridized carbons (Fsp3) is 0.190. The Balaban J connectivity index is 1.37. The lowest BCUT2D eigenvalue weighted by Gasteiger charge is -2.09. The molecule has 0 radical (unpaired) electrons. The van der Waals surface area contributed by atoms with Crippen LogP contribution in [0.4, 0.5) is 5.69 Å². The number of anilines is 1. The number of carbonyl (C=O) groups excluding carboxylic acids is 1. The SMILES string of the molecule is O=C(CNCc1ccco1)Nc1ccc(OCCc2ccccc2)cc1. The summed E-state index contributed by atoms with van der Waals surface area (Å²) in [6.45, 7) is 1.36. The number of furan rings is 1. The monoisotopic (exact) mass is 350 g/mol. The molecule has 0 atom stereocenters. The van der Waals surface area contributed by atoms with Gasteiger partial charge in [0.25, 0.3) is 0 Å². The van der Waals surface area contributed by atoms with Crippen LogP contribution >= 0.6 is 0 Å². The molecule has 0 unspecified atom stereocenters. The van der Waals surface area contributed by atoms with Gasteiger partial charge in [-0.15, -0.1) is 0 Å². The molecule has 0 aliphatic heterocycles. The van der Waals surface area contributed by atoms with E-state index in [1.807, 2.05) is 54.6 Å². The van der Waals surface area contributed by atoms with E-state index in [0.29, 0.717) is 13.2 Å². The van der Waals surface area contributed by atoms with E-state index in [9.17, 15) is 4.79 Å². The average molecular weight is 350 g/mol. The molecule has 0 saturated carbocycles. The highest BCUT2D eigenvalue weighted by atomic mass is 16.5. The van der Waals surface area contributed by atoms with Crippen LogP contribution < -0.4 is 15.4 Å². The molecule has 134 valence electrons. The van der Waals surface area contributed by atoms with E-state index in [1.165, 1.54) is 5.56 Å². The summed E-state index contributed by atoms with van der Waals surface area (Å²) in [4.78, 5) is 11.9. The molecule has 0 aliphatic rings. The summed E-state index contributed by atoms with van der Waals surface area (Å²) >= 11 is 0. The number of amides is 1. The second-order valence-electron chi connectivity index (χ2n) is 5.84. The Morgan fingerprint density at radius 1 is 0.962 bits per heavy atom. The number of benzene rings is 2. The third-order valence-electron chi connectivity index (χ3n) is 3.81. The molecule has 0 saturated heterocycles. The molecular formula is C21H22N2O3. The van der Waals surface area contributed by atoms with Crippen molar-refractivity contribution in [1.29, 1.82) is 0 Å². The Kier molecular flexibility index (Phi) is 6.45. The summed E-state index contributed by atoms with van der Waals surface area (Å²) in [7, 11) is 0. The fourth-order valence-corrected chi connectivity index (χ4v) is 2.48. The zero-order valence-corrected chi connectivity index (χ0v) is 14.5. The van der Waals surface area contributed by atoms with E-state index in [-0.39, 0.29) is 12.5 Å². The Morgan fingerprint density at radius 3 is 2.50 bits per heavy atom. The maximum absolute atomic E-state index is 11.9. The molecular weight excluding hydrogens is 328 g/mol. The summed E-state index contributed by atoms with van der Waals surface area (Å²) in [5, 5.41) is 5.88. The van der Waals surface area contributed by atoms with E-state index >= 15 is 0 Å². The predicted octanol–water partition coefficient (Wildman–Crippen LogP) is 3.63. The lowest BCUT2D eigenvalue weighted by atomic mass is 10.2. The summed E-state index contributed by atoms with van der Waals surface area (Å²) in [5.41, 5.74) is 1.99. The van der Waals surface area contributed by atoms with Crippen LogP contribution in [0.5, 0.6) is 5.75 Å². The van der Waals surface area contributed by atoms with E-state index in [0.717, 1.165) is 23.6 Å². The predicted molar refractivity (Wildman–Crippen MR) is 101 cm³/mol. The number of ether oxygens (including phenoxy) is 1. The number of rotatable bonds is 9. The van der Waals surface area contributed by atoms with Gasteiger partial charge in [0, 0.05) is 12.1 Å². The highest BCUT2D eigenvalue weighted by molar-refractivity contribution is 5.92. The van der Waals surface area contributed by atoms with Crippen molar-refractivity contribution < 1.29 is 13.9 Å². The maximum atomic E-state index is 11.9. The highest BCUT2D eigenvalue weighted by Gasteiger charge is 2.03. The summed E-state index contributed by atoms with van der Waals surface area (Å²) in [5.74, 6) is 1.49. The highest BCUT2D eigenvalue weighted by Crippen LogP contribution is 2.16. The van der Waals surface area contributed by atoms with Crippen LogP contribution in [0.15, 0.2) is 77.4 Å². The lowest BCUT2D eigenvalue weighted by molar-refractivity contribution is -0.115. The van der Waals surface area contributed by atoms with Crippen LogP contribution in [-0.4, -0.2) is 19.1 Å². The van der Waals surface area contributed by atoms with Gasteiger partial charge in [-0.1, -0.05) is 30.3 Å². The Bertz CT molecular complexity index is 784. The van der Waals surface area contributed by atoms with Crippen LogP contribution in [-0.2, 0) is 17.8 Å². The fourth-order valence-electron chi connectivity index (χ4n) is 2.48. The smallest absolute Gasteiger partial charge is 0.238 e. The van der Waals surface area contributed by atoms with Crippen molar-refractivity contribution in [2.75, 3.05) is 18.5 Å². The molecule has 5 heteroatoms. The third kappa shape index (κ3) is 5.79. The van der Waals surface area contributed by atoms with Gasteiger partial charge in [0.05, 0.1) is 26.0 Å². The first-order valence-corrected chi connectivity index (χ1v) is 8.59. The Hall–Kier alpha value is -3.05. The first kappa shape index (κ1) is 17.8. The molecule has 1 aromatic heterocycles. The molecule has 26 heavy (non-hydrogen) atoms. The molecule has 1 heterocycles. The van der Waals surface area contributed by atoms with Gasteiger partial charge in [0.15, 0.2) is 0 Å². The van der Waals surface area contributed by atoms with Gasteiger partial charge in [-0.25, -0.2) is 0 Å². The molecule has 5 nitrogen and oxygen atoms in total. The number of hydrogen-bond donors (Lipinski definition) is 2. The van der Waals surface area contributed by atoms with Crippen molar-refractivity contribution in [2.24, 2.45) is 0 Å². The minimum absolute atomic E-state index is 0.102. The molecule has 3 aromatic rings. The summed E-state index contributed by atoms with van der Waals surface area (Å²) in [6, 6.07) is 21.3. The van der Waals surface area contributed by atoms with Gasteiger partial charge in [-0.05, 0) is 42.0 Å².